The van der Waals surface area contributed by atoms with Gasteiger partial charge >= 0.3 is 6.16 Å². The van der Waals surface area contributed by atoms with Gasteiger partial charge in [-0.2, -0.15) is 0 Å². The summed E-state index contributed by atoms with van der Waals surface area (Å²) in [4.78, 5) is 25.0. The predicted molar refractivity (Wildman–Crippen MR) is 54.3 cm³/mol. The van der Waals surface area contributed by atoms with Crippen molar-refractivity contribution in [2.24, 2.45) is 5.73 Å². The van der Waals surface area contributed by atoms with Crippen LogP contribution >= 0.6 is 0 Å². The van der Waals surface area contributed by atoms with Crippen molar-refractivity contribution in [2.75, 3.05) is 7.11 Å². The summed E-state index contributed by atoms with van der Waals surface area (Å²) in [6.45, 7) is -0.299. The molecule has 1 heterocycles. The van der Waals surface area contributed by atoms with E-state index >= 15 is 0 Å². The first-order valence-electron chi connectivity index (χ1n) is 4.66. The molecule has 0 fully saturated rings. The van der Waals surface area contributed by atoms with Crippen molar-refractivity contribution in [3.63, 3.8) is 0 Å². The third-order valence-electron chi connectivity index (χ3n) is 1.90. The van der Waals surface area contributed by atoms with E-state index in [-0.39, 0.29) is 24.3 Å². The number of hydrogen-bond acceptors (Lipinski definition) is 5. The van der Waals surface area contributed by atoms with Crippen LogP contribution in [0.1, 0.15) is 11.3 Å². The van der Waals surface area contributed by atoms with Crippen molar-refractivity contribution in [1.82, 2.24) is 4.98 Å². The third kappa shape index (κ3) is 3.71. The second-order valence-corrected chi connectivity index (χ2v) is 3.12. The first-order valence-corrected chi connectivity index (χ1v) is 4.66. The van der Waals surface area contributed by atoms with Crippen LogP contribution in [-0.2, 0) is 27.3 Å². The summed E-state index contributed by atoms with van der Waals surface area (Å²) in [6, 6.07) is 1.34. The fourth-order valence-corrected chi connectivity index (χ4v) is 1.13. The van der Waals surface area contributed by atoms with E-state index in [1.807, 2.05) is 0 Å². The highest BCUT2D eigenvalue weighted by molar-refractivity contribution is 5.76. The number of amides is 1. The van der Waals surface area contributed by atoms with Crippen LogP contribution in [0.5, 0.6) is 0 Å². The lowest BCUT2D eigenvalue weighted by Gasteiger charge is -2.06. The molecule has 0 atom stereocenters. The summed E-state index contributed by atoms with van der Waals surface area (Å²) >= 11 is 0. The lowest BCUT2D eigenvalue weighted by Crippen LogP contribution is -2.16. The van der Waals surface area contributed by atoms with Crippen LogP contribution in [0.15, 0.2) is 12.3 Å². The van der Waals surface area contributed by atoms with E-state index in [0.717, 1.165) is 7.11 Å². The summed E-state index contributed by atoms with van der Waals surface area (Å²) in [5.41, 5.74) is 4.95. The number of halogens is 1. The Kier molecular flexibility index (Phi) is 4.38. The van der Waals surface area contributed by atoms with Gasteiger partial charge in [0, 0.05) is 11.8 Å². The van der Waals surface area contributed by atoms with Gasteiger partial charge in [0.05, 0.1) is 19.2 Å². The molecule has 2 N–H and O–H groups in total. The van der Waals surface area contributed by atoms with Crippen LogP contribution in [0.25, 0.3) is 0 Å². The molecule has 6 nitrogen and oxygen atoms in total. The molecule has 1 aromatic rings. The Morgan fingerprint density at radius 3 is 2.82 bits per heavy atom. The van der Waals surface area contributed by atoms with Gasteiger partial charge in [0.15, 0.2) is 5.82 Å². The number of nitrogens with zero attached hydrogens (tertiary/aromatic N) is 1. The van der Waals surface area contributed by atoms with E-state index in [1.165, 1.54) is 12.3 Å². The molecule has 1 rings (SSSR count). The zero-order chi connectivity index (χ0) is 12.8. The zero-order valence-corrected chi connectivity index (χ0v) is 9.10. The summed E-state index contributed by atoms with van der Waals surface area (Å²) in [5.74, 6) is -1.40. The van der Waals surface area contributed by atoms with Crippen molar-refractivity contribution in [3.8, 4) is 0 Å². The standard InChI is InChI=1S/C10H11FN2O4/c1-16-10(15)17-5-6-2-3-13-7(9(6)11)4-8(12)14/h2-3H,4-5H2,1H3,(H2,12,14). The average molecular weight is 242 g/mol. The minimum absolute atomic E-state index is 0.0801. The molecule has 92 valence electrons. The molecule has 0 aliphatic heterocycles. The van der Waals surface area contributed by atoms with E-state index in [1.54, 1.807) is 0 Å². The second-order valence-electron chi connectivity index (χ2n) is 3.12. The Balaban J connectivity index is 2.79. The van der Waals surface area contributed by atoms with E-state index in [0.29, 0.717) is 0 Å². The zero-order valence-electron chi connectivity index (χ0n) is 9.10. The number of primary amides is 1. The van der Waals surface area contributed by atoms with Gasteiger partial charge in [0.25, 0.3) is 0 Å². The average Bonchev–Trinajstić information content (AvgIpc) is 2.29. The molecule has 0 unspecified atom stereocenters. The highest BCUT2D eigenvalue weighted by atomic mass is 19.1. The Hall–Kier alpha value is -2.18. The van der Waals surface area contributed by atoms with Gasteiger partial charge in [-0.3, -0.25) is 9.78 Å². The fraction of sp³-hybridized carbons (Fsp3) is 0.300. The number of aromatic nitrogens is 1. The van der Waals surface area contributed by atoms with Gasteiger partial charge in [-0.15, -0.1) is 0 Å². The molecule has 7 heteroatoms. The summed E-state index contributed by atoms with van der Waals surface area (Å²) in [7, 11) is 1.14. The second kappa shape index (κ2) is 5.78. The molecular formula is C10H11FN2O4. The van der Waals surface area contributed by atoms with Crippen molar-refractivity contribution in [1.29, 1.82) is 0 Å². The normalized spacial score (nSPS) is 9.76. The van der Waals surface area contributed by atoms with Gasteiger partial charge in [0.2, 0.25) is 5.91 Å². The Bertz CT molecular complexity index is 436. The van der Waals surface area contributed by atoms with E-state index in [9.17, 15) is 14.0 Å². The predicted octanol–water partition coefficient (Wildman–Crippen LogP) is 0.532. The molecule has 0 saturated heterocycles. The molecule has 0 aromatic carbocycles. The van der Waals surface area contributed by atoms with Crippen molar-refractivity contribution < 1.29 is 23.5 Å². The van der Waals surface area contributed by atoms with E-state index in [4.69, 9.17) is 5.73 Å². The smallest absolute Gasteiger partial charge is 0.438 e. The van der Waals surface area contributed by atoms with Gasteiger partial charge < -0.3 is 15.2 Å². The Morgan fingerprint density at radius 2 is 2.24 bits per heavy atom. The van der Waals surface area contributed by atoms with Gasteiger partial charge in [-0.05, 0) is 6.07 Å². The van der Waals surface area contributed by atoms with E-state index in [2.05, 4.69) is 14.5 Å². The van der Waals surface area contributed by atoms with Crippen LogP contribution in [0.4, 0.5) is 9.18 Å². The minimum atomic E-state index is -0.919. The number of nitrogens with two attached hydrogens (primary N) is 1. The largest absolute Gasteiger partial charge is 0.508 e. The quantitative estimate of drug-likeness (QED) is 0.777. The Labute approximate surface area is 96.5 Å². The number of ether oxygens (including phenoxy) is 2. The molecule has 0 radical (unpaired) electrons. The van der Waals surface area contributed by atoms with E-state index < -0.39 is 17.9 Å². The highest BCUT2D eigenvalue weighted by Crippen LogP contribution is 2.12. The van der Waals surface area contributed by atoms with Gasteiger partial charge in [-0.25, -0.2) is 9.18 Å². The number of methoxy groups -OCH3 is 1. The third-order valence-corrected chi connectivity index (χ3v) is 1.90. The first kappa shape index (κ1) is 12.9. The van der Waals surface area contributed by atoms with Gasteiger partial charge in [0.1, 0.15) is 6.61 Å². The SMILES string of the molecule is COC(=O)OCc1ccnc(CC(N)=O)c1F. The maximum atomic E-state index is 13.7. The molecule has 0 aliphatic rings. The highest BCUT2D eigenvalue weighted by Gasteiger charge is 2.13. The topological polar surface area (TPSA) is 91.5 Å². The van der Waals surface area contributed by atoms with Gasteiger partial charge in [-0.1, -0.05) is 0 Å². The molecule has 17 heavy (non-hydrogen) atoms. The maximum Gasteiger partial charge on any atom is 0.508 e. The number of hydrogen-bond donors (Lipinski definition) is 1. The van der Waals surface area contributed by atoms with Crippen molar-refractivity contribution in [3.05, 3.63) is 29.3 Å². The minimum Gasteiger partial charge on any atom is -0.438 e. The summed E-state index contributed by atoms with van der Waals surface area (Å²) in [5, 5.41) is 0. The monoisotopic (exact) mass is 242 g/mol. The maximum absolute atomic E-state index is 13.7. The number of carbonyl (C=O) groups excluding carboxylic acids is 2. The molecule has 0 saturated carbocycles. The first-order chi connectivity index (χ1) is 8.04. The molecule has 0 spiro atoms. The number of carbonyl (C=O) groups is 2. The molecule has 0 aliphatic carbocycles. The molecule has 1 amide bonds. The Morgan fingerprint density at radius 1 is 1.53 bits per heavy atom. The lowest BCUT2D eigenvalue weighted by molar-refractivity contribution is -0.117. The fourth-order valence-electron chi connectivity index (χ4n) is 1.13. The summed E-state index contributed by atoms with van der Waals surface area (Å²) in [6.07, 6.45) is 0.0764. The molecular weight excluding hydrogens is 231 g/mol. The summed E-state index contributed by atoms with van der Waals surface area (Å²) < 4.78 is 22.5. The number of pyridine rings is 1. The number of rotatable bonds is 4. The van der Waals surface area contributed by atoms with Crippen LogP contribution in [0.2, 0.25) is 0 Å². The molecule has 0 bridgehead atoms. The molecule has 1 aromatic heterocycles. The van der Waals surface area contributed by atoms with Crippen molar-refractivity contribution >= 4 is 12.1 Å². The lowest BCUT2D eigenvalue weighted by atomic mass is 10.2. The van der Waals surface area contributed by atoms with Crippen LogP contribution < -0.4 is 5.73 Å². The van der Waals surface area contributed by atoms with Crippen molar-refractivity contribution in [2.45, 2.75) is 13.0 Å². The van der Waals surface area contributed by atoms with Crippen LogP contribution in [0.3, 0.4) is 0 Å². The van der Waals surface area contributed by atoms with Crippen LogP contribution in [-0.4, -0.2) is 24.2 Å². The van der Waals surface area contributed by atoms with Crippen LogP contribution in [0, 0.1) is 5.82 Å².